The maximum Gasteiger partial charge on any atom is 0.228 e. The SMILES string of the molecule is O=C(Cc1csc(-c2cnccn2)n1)N1CCCN(c2nc3ccccc3[nH]2)CC1. The Morgan fingerprint density at radius 1 is 1.10 bits per heavy atom. The normalized spacial score (nSPS) is 14.8. The first-order valence-corrected chi connectivity index (χ1v) is 10.8. The van der Waals surface area contributed by atoms with Crippen LogP contribution in [-0.2, 0) is 11.2 Å². The van der Waals surface area contributed by atoms with Gasteiger partial charge in [-0.1, -0.05) is 12.1 Å². The summed E-state index contributed by atoms with van der Waals surface area (Å²) >= 11 is 1.49. The maximum atomic E-state index is 12.9. The van der Waals surface area contributed by atoms with Crippen molar-refractivity contribution >= 4 is 34.2 Å². The molecule has 1 saturated heterocycles. The summed E-state index contributed by atoms with van der Waals surface area (Å²) in [4.78, 5) is 38.0. The summed E-state index contributed by atoms with van der Waals surface area (Å²) in [6, 6.07) is 8.03. The molecule has 4 aromatic rings. The Balaban J connectivity index is 1.22. The number of hydrogen-bond acceptors (Lipinski definition) is 7. The Labute approximate surface area is 177 Å². The van der Waals surface area contributed by atoms with Gasteiger partial charge in [0.05, 0.1) is 29.3 Å². The molecule has 1 amide bonds. The van der Waals surface area contributed by atoms with Gasteiger partial charge < -0.3 is 14.8 Å². The molecule has 9 heteroatoms. The van der Waals surface area contributed by atoms with Gasteiger partial charge in [-0.05, 0) is 18.6 Å². The summed E-state index contributed by atoms with van der Waals surface area (Å²) < 4.78 is 0. The average molecular weight is 420 g/mol. The predicted octanol–water partition coefficient (Wildman–Crippen LogP) is 2.76. The summed E-state index contributed by atoms with van der Waals surface area (Å²) in [6.45, 7) is 3.05. The van der Waals surface area contributed by atoms with Crippen LogP contribution in [-0.4, -0.2) is 61.9 Å². The Hall–Kier alpha value is -3.33. The summed E-state index contributed by atoms with van der Waals surface area (Å²) in [7, 11) is 0. The number of carbonyl (C=O) groups excluding carboxylic acids is 1. The molecule has 3 aromatic heterocycles. The summed E-state index contributed by atoms with van der Waals surface area (Å²) in [5.74, 6) is 0.982. The number of hydrogen-bond donors (Lipinski definition) is 1. The minimum atomic E-state index is 0.109. The lowest BCUT2D eigenvalue weighted by molar-refractivity contribution is -0.130. The molecule has 0 aliphatic carbocycles. The number of rotatable bonds is 4. The highest BCUT2D eigenvalue weighted by molar-refractivity contribution is 7.13. The van der Waals surface area contributed by atoms with Gasteiger partial charge in [-0.25, -0.2) is 9.97 Å². The van der Waals surface area contributed by atoms with Crippen LogP contribution >= 0.6 is 11.3 Å². The monoisotopic (exact) mass is 419 g/mol. The van der Waals surface area contributed by atoms with E-state index in [1.807, 2.05) is 34.5 Å². The second-order valence-corrected chi connectivity index (χ2v) is 8.07. The first kappa shape index (κ1) is 18.7. The molecule has 0 bridgehead atoms. The van der Waals surface area contributed by atoms with Gasteiger partial charge in [-0.3, -0.25) is 14.8 Å². The number of H-pyrrole nitrogens is 1. The highest BCUT2D eigenvalue weighted by atomic mass is 32.1. The zero-order chi connectivity index (χ0) is 20.3. The molecule has 1 aromatic carbocycles. The zero-order valence-corrected chi connectivity index (χ0v) is 17.2. The van der Waals surface area contributed by atoms with E-state index in [0.717, 1.165) is 59.4 Å². The van der Waals surface area contributed by atoms with E-state index in [1.165, 1.54) is 11.3 Å². The lowest BCUT2D eigenvalue weighted by Gasteiger charge is -2.21. The van der Waals surface area contributed by atoms with E-state index < -0.39 is 0 Å². The zero-order valence-electron chi connectivity index (χ0n) is 16.4. The summed E-state index contributed by atoms with van der Waals surface area (Å²) in [5, 5.41) is 2.72. The Bertz CT molecular complexity index is 1120. The van der Waals surface area contributed by atoms with Gasteiger partial charge in [-0.15, -0.1) is 11.3 Å². The fourth-order valence-electron chi connectivity index (χ4n) is 3.65. The van der Waals surface area contributed by atoms with Gasteiger partial charge in [0.1, 0.15) is 10.7 Å². The lowest BCUT2D eigenvalue weighted by Crippen LogP contribution is -2.36. The molecule has 4 heterocycles. The highest BCUT2D eigenvalue weighted by Crippen LogP contribution is 2.22. The summed E-state index contributed by atoms with van der Waals surface area (Å²) in [6.07, 6.45) is 6.18. The highest BCUT2D eigenvalue weighted by Gasteiger charge is 2.22. The van der Waals surface area contributed by atoms with Gasteiger partial charge in [-0.2, -0.15) is 0 Å². The minimum absolute atomic E-state index is 0.109. The van der Waals surface area contributed by atoms with Crippen molar-refractivity contribution in [1.29, 1.82) is 0 Å². The number of anilines is 1. The van der Waals surface area contributed by atoms with Gasteiger partial charge in [0, 0.05) is 44.0 Å². The van der Waals surface area contributed by atoms with E-state index in [-0.39, 0.29) is 5.91 Å². The Kier molecular flexibility index (Phi) is 5.10. The van der Waals surface area contributed by atoms with Crippen molar-refractivity contribution in [3.05, 3.63) is 53.9 Å². The summed E-state index contributed by atoms with van der Waals surface area (Å²) in [5.41, 5.74) is 3.51. The lowest BCUT2D eigenvalue weighted by atomic mass is 10.3. The second kappa shape index (κ2) is 8.19. The molecule has 0 saturated carbocycles. The van der Waals surface area contributed by atoms with Gasteiger partial charge in [0.25, 0.3) is 0 Å². The predicted molar refractivity (Wildman–Crippen MR) is 116 cm³/mol. The van der Waals surface area contributed by atoms with Gasteiger partial charge >= 0.3 is 0 Å². The fourth-order valence-corrected chi connectivity index (χ4v) is 4.43. The third-order valence-electron chi connectivity index (χ3n) is 5.19. The van der Waals surface area contributed by atoms with E-state index in [9.17, 15) is 4.79 Å². The van der Waals surface area contributed by atoms with Crippen LogP contribution in [0.15, 0.2) is 48.2 Å². The number of para-hydroxylation sites is 2. The number of amides is 1. The van der Waals surface area contributed by atoms with Crippen molar-refractivity contribution < 1.29 is 4.79 Å². The molecule has 1 N–H and O–H groups in total. The molecule has 1 fully saturated rings. The molecule has 8 nitrogen and oxygen atoms in total. The molecular weight excluding hydrogens is 398 g/mol. The van der Waals surface area contributed by atoms with E-state index in [4.69, 9.17) is 4.98 Å². The van der Waals surface area contributed by atoms with Crippen molar-refractivity contribution in [2.75, 3.05) is 31.1 Å². The smallest absolute Gasteiger partial charge is 0.228 e. The first-order chi connectivity index (χ1) is 14.8. The van der Waals surface area contributed by atoms with Crippen LogP contribution in [0.3, 0.4) is 0 Å². The van der Waals surface area contributed by atoms with Crippen LogP contribution in [0.2, 0.25) is 0 Å². The number of carbonyl (C=O) groups is 1. The molecule has 0 spiro atoms. The van der Waals surface area contributed by atoms with Crippen LogP contribution < -0.4 is 4.90 Å². The Morgan fingerprint density at radius 2 is 2.03 bits per heavy atom. The largest absolute Gasteiger partial charge is 0.341 e. The molecule has 0 radical (unpaired) electrons. The minimum Gasteiger partial charge on any atom is -0.341 e. The van der Waals surface area contributed by atoms with Crippen LogP contribution in [0.4, 0.5) is 5.95 Å². The van der Waals surface area contributed by atoms with E-state index in [2.05, 4.69) is 24.8 Å². The van der Waals surface area contributed by atoms with E-state index in [1.54, 1.807) is 18.6 Å². The molecule has 1 aliphatic rings. The fraction of sp³-hybridized carbons (Fsp3) is 0.286. The van der Waals surface area contributed by atoms with Crippen molar-refractivity contribution in [1.82, 2.24) is 29.8 Å². The second-order valence-electron chi connectivity index (χ2n) is 7.21. The molecule has 0 atom stereocenters. The first-order valence-electron chi connectivity index (χ1n) is 9.94. The number of aromatic nitrogens is 5. The standard InChI is InChI=1S/C21H21N7OS/c29-19(12-15-14-30-20(24-15)18-13-22-6-7-23-18)27-8-3-9-28(11-10-27)21-25-16-4-1-2-5-17(16)26-21/h1-2,4-7,13-14H,3,8-12H2,(H,25,26). The third kappa shape index (κ3) is 3.88. The number of aromatic amines is 1. The Morgan fingerprint density at radius 3 is 2.90 bits per heavy atom. The number of fused-ring (bicyclic) bond motifs is 1. The number of thiazole rings is 1. The topological polar surface area (TPSA) is 90.9 Å². The maximum absolute atomic E-state index is 12.9. The molecule has 1 aliphatic heterocycles. The number of nitrogens with zero attached hydrogens (tertiary/aromatic N) is 6. The van der Waals surface area contributed by atoms with Crippen LogP contribution in [0.1, 0.15) is 12.1 Å². The van der Waals surface area contributed by atoms with Crippen molar-refractivity contribution in [3.63, 3.8) is 0 Å². The van der Waals surface area contributed by atoms with Gasteiger partial charge in [0.2, 0.25) is 11.9 Å². The van der Waals surface area contributed by atoms with E-state index >= 15 is 0 Å². The molecule has 30 heavy (non-hydrogen) atoms. The number of benzene rings is 1. The molecule has 5 rings (SSSR count). The molecule has 152 valence electrons. The quantitative estimate of drug-likeness (QED) is 0.547. The van der Waals surface area contributed by atoms with E-state index in [0.29, 0.717) is 13.0 Å². The molecule has 0 unspecified atom stereocenters. The number of imidazole rings is 1. The van der Waals surface area contributed by atoms with Gasteiger partial charge in [0.15, 0.2) is 0 Å². The van der Waals surface area contributed by atoms with Crippen LogP contribution in [0, 0.1) is 0 Å². The van der Waals surface area contributed by atoms with Crippen LogP contribution in [0.25, 0.3) is 21.7 Å². The average Bonchev–Trinajstić information content (AvgIpc) is 3.34. The van der Waals surface area contributed by atoms with Crippen molar-refractivity contribution in [2.45, 2.75) is 12.8 Å². The number of nitrogens with one attached hydrogen (secondary N) is 1. The van der Waals surface area contributed by atoms with Crippen LogP contribution in [0.5, 0.6) is 0 Å². The van der Waals surface area contributed by atoms with Crippen molar-refractivity contribution in [3.8, 4) is 10.7 Å². The van der Waals surface area contributed by atoms with Crippen molar-refractivity contribution in [2.24, 2.45) is 0 Å². The third-order valence-corrected chi connectivity index (χ3v) is 6.11. The molecular formula is C21H21N7OS.